The van der Waals surface area contributed by atoms with Gasteiger partial charge in [0.25, 0.3) is 5.89 Å². The van der Waals surface area contributed by atoms with Crippen molar-refractivity contribution in [3.63, 3.8) is 0 Å². The Morgan fingerprint density at radius 2 is 1.86 bits per heavy atom. The molecule has 2 heterocycles. The van der Waals surface area contributed by atoms with Crippen LogP contribution in [-0.2, 0) is 0 Å². The van der Waals surface area contributed by atoms with E-state index in [4.69, 9.17) is 20.9 Å². The number of pyridine rings is 1. The Kier molecular flexibility index (Phi) is 4.06. The van der Waals surface area contributed by atoms with Gasteiger partial charge in [-0.2, -0.15) is 4.98 Å². The average molecular weight is 316 g/mol. The normalized spacial score (nSPS) is 10.9. The molecule has 1 aromatic carbocycles. The molecule has 0 amide bonds. The van der Waals surface area contributed by atoms with Crippen molar-refractivity contribution in [1.82, 2.24) is 15.1 Å². The van der Waals surface area contributed by atoms with E-state index in [2.05, 4.69) is 15.1 Å². The molecule has 0 aliphatic carbocycles. The molecule has 2 aromatic heterocycles. The van der Waals surface area contributed by atoms with Gasteiger partial charge >= 0.3 is 0 Å². The summed E-state index contributed by atoms with van der Waals surface area (Å²) in [5, 5.41) is 4.50. The SMILES string of the molecule is CC(C)Oc1ccc(-c2noc(-c3ccncc3)n2)cc1Cl. The monoisotopic (exact) mass is 315 g/mol. The maximum atomic E-state index is 6.23. The molecule has 3 rings (SSSR count). The lowest BCUT2D eigenvalue weighted by atomic mass is 10.2. The molecule has 0 N–H and O–H groups in total. The first-order valence-electron chi connectivity index (χ1n) is 6.84. The zero-order valence-corrected chi connectivity index (χ0v) is 12.9. The summed E-state index contributed by atoms with van der Waals surface area (Å²) in [6.07, 6.45) is 3.41. The predicted octanol–water partition coefficient (Wildman–Crippen LogP) is 4.24. The maximum absolute atomic E-state index is 6.23. The van der Waals surface area contributed by atoms with Crippen LogP contribution in [0.25, 0.3) is 22.8 Å². The molecular formula is C16H14ClN3O2. The third-order valence-corrected chi connectivity index (χ3v) is 3.20. The Morgan fingerprint density at radius 1 is 1.09 bits per heavy atom. The maximum Gasteiger partial charge on any atom is 0.258 e. The van der Waals surface area contributed by atoms with Gasteiger partial charge in [-0.25, -0.2) is 0 Å². The Hall–Kier alpha value is -2.40. The first kappa shape index (κ1) is 14.5. The zero-order chi connectivity index (χ0) is 15.5. The van der Waals surface area contributed by atoms with Gasteiger partial charge in [0.15, 0.2) is 0 Å². The van der Waals surface area contributed by atoms with E-state index >= 15 is 0 Å². The van der Waals surface area contributed by atoms with Crippen LogP contribution >= 0.6 is 11.6 Å². The van der Waals surface area contributed by atoms with E-state index in [9.17, 15) is 0 Å². The van der Waals surface area contributed by atoms with Crippen molar-refractivity contribution in [3.05, 3.63) is 47.7 Å². The fourth-order valence-electron chi connectivity index (χ4n) is 1.94. The van der Waals surface area contributed by atoms with Gasteiger partial charge in [-0.05, 0) is 44.2 Å². The molecule has 0 aliphatic heterocycles. The van der Waals surface area contributed by atoms with Gasteiger partial charge in [0.2, 0.25) is 5.82 Å². The molecule has 0 unspecified atom stereocenters. The van der Waals surface area contributed by atoms with Crippen molar-refractivity contribution in [2.24, 2.45) is 0 Å². The first-order valence-corrected chi connectivity index (χ1v) is 7.22. The summed E-state index contributed by atoms with van der Waals surface area (Å²) >= 11 is 6.23. The van der Waals surface area contributed by atoms with Crippen molar-refractivity contribution < 1.29 is 9.26 Å². The highest BCUT2D eigenvalue weighted by Crippen LogP contribution is 2.30. The smallest absolute Gasteiger partial charge is 0.258 e. The molecule has 112 valence electrons. The summed E-state index contributed by atoms with van der Waals surface area (Å²) in [6, 6.07) is 9.04. The van der Waals surface area contributed by atoms with Crippen LogP contribution in [0.15, 0.2) is 47.2 Å². The van der Waals surface area contributed by atoms with Gasteiger partial charge in [0.05, 0.1) is 11.1 Å². The molecule has 0 aliphatic rings. The predicted molar refractivity (Wildman–Crippen MR) is 83.7 cm³/mol. The molecule has 6 heteroatoms. The van der Waals surface area contributed by atoms with Crippen LogP contribution < -0.4 is 4.74 Å². The molecular weight excluding hydrogens is 302 g/mol. The number of nitrogens with zero attached hydrogens (tertiary/aromatic N) is 3. The van der Waals surface area contributed by atoms with Crippen LogP contribution in [0.1, 0.15) is 13.8 Å². The minimum absolute atomic E-state index is 0.0619. The Morgan fingerprint density at radius 3 is 2.55 bits per heavy atom. The van der Waals surface area contributed by atoms with Gasteiger partial charge in [-0.3, -0.25) is 4.98 Å². The number of hydrogen-bond donors (Lipinski definition) is 0. The number of aromatic nitrogens is 3. The van der Waals surface area contributed by atoms with Crippen LogP contribution in [0.3, 0.4) is 0 Å². The molecule has 0 spiro atoms. The van der Waals surface area contributed by atoms with Gasteiger partial charge in [0.1, 0.15) is 5.75 Å². The highest BCUT2D eigenvalue weighted by atomic mass is 35.5. The second-order valence-electron chi connectivity index (χ2n) is 4.97. The highest BCUT2D eigenvalue weighted by Gasteiger charge is 2.12. The van der Waals surface area contributed by atoms with Crippen molar-refractivity contribution in [3.8, 4) is 28.6 Å². The van der Waals surface area contributed by atoms with Crippen LogP contribution in [0.2, 0.25) is 5.02 Å². The van der Waals surface area contributed by atoms with Gasteiger partial charge < -0.3 is 9.26 Å². The summed E-state index contributed by atoms with van der Waals surface area (Å²) in [6.45, 7) is 3.90. The largest absolute Gasteiger partial charge is 0.489 e. The molecule has 0 saturated carbocycles. The van der Waals surface area contributed by atoms with E-state index in [1.54, 1.807) is 24.5 Å². The van der Waals surface area contributed by atoms with E-state index in [1.807, 2.05) is 32.0 Å². The topological polar surface area (TPSA) is 61.0 Å². The highest BCUT2D eigenvalue weighted by molar-refractivity contribution is 6.32. The third kappa shape index (κ3) is 3.09. The minimum Gasteiger partial charge on any atom is -0.489 e. The third-order valence-electron chi connectivity index (χ3n) is 2.91. The number of rotatable bonds is 4. The number of benzene rings is 1. The van der Waals surface area contributed by atoms with E-state index in [-0.39, 0.29) is 6.10 Å². The second kappa shape index (κ2) is 6.15. The van der Waals surface area contributed by atoms with Crippen LogP contribution in [-0.4, -0.2) is 21.2 Å². The van der Waals surface area contributed by atoms with Crippen LogP contribution in [0.5, 0.6) is 5.75 Å². The molecule has 0 fully saturated rings. The van der Waals surface area contributed by atoms with E-state index in [1.165, 1.54) is 0 Å². The number of ether oxygens (including phenoxy) is 1. The van der Waals surface area contributed by atoms with E-state index < -0.39 is 0 Å². The Balaban J connectivity index is 1.89. The summed E-state index contributed by atoms with van der Waals surface area (Å²) in [7, 11) is 0. The fourth-order valence-corrected chi connectivity index (χ4v) is 2.17. The number of halogens is 1. The van der Waals surface area contributed by atoms with Crippen LogP contribution in [0.4, 0.5) is 0 Å². The van der Waals surface area contributed by atoms with Gasteiger partial charge in [-0.1, -0.05) is 16.8 Å². The quantitative estimate of drug-likeness (QED) is 0.720. The van der Waals surface area contributed by atoms with Crippen molar-refractivity contribution >= 4 is 11.6 Å². The minimum atomic E-state index is 0.0619. The fraction of sp³-hybridized carbons (Fsp3) is 0.188. The lowest BCUT2D eigenvalue weighted by Crippen LogP contribution is -2.05. The summed E-state index contributed by atoms with van der Waals surface area (Å²) in [4.78, 5) is 8.34. The standard InChI is InChI=1S/C16H14ClN3O2/c1-10(2)21-14-4-3-12(9-13(14)17)15-19-16(22-20-15)11-5-7-18-8-6-11/h3-10H,1-2H3. The molecule has 3 aromatic rings. The second-order valence-corrected chi connectivity index (χ2v) is 5.38. The van der Waals surface area contributed by atoms with Crippen molar-refractivity contribution in [1.29, 1.82) is 0 Å². The molecule has 0 atom stereocenters. The summed E-state index contributed by atoms with van der Waals surface area (Å²) in [5.74, 6) is 1.55. The van der Waals surface area contributed by atoms with E-state index in [0.29, 0.717) is 22.5 Å². The average Bonchev–Trinajstić information content (AvgIpc) is 3.00. The molecule has 0 bridgehead atoms. The molecule has 0 radical (unpaired) electrons. The Bertz CT molecular complexity index is 772. The molecule has 0 saturated heterocycles. The first-order chi connectivity index (χ1) is 10.6. The zero-order valence-electron chi connectivity index (χ0n) is 12.2. The van der Waals surface area contributed by atoms with Crippen LogP contribution in [0, 0.1) is 0 Å². The van der Waals surface area contributed by atoms with Crippen molar-refractivity contribution in [2.75, 3.05) is 0 Å². The van der Waals surface area contributed by atoms with Crippen molar-refractivity contribution in [2.45, 2.75) is 20.0 Å². The molecule has 5 nitrogen and oxygen atoms in total. The molecule has 22 heavy (non-hydrogen) atoms. The lowest BCUT2D eigenvalue weighted by Gasteiger charge is -2.11. The number of hydrogen-bond acceptors (Lipinski definition) is 5. The van der Waals surface area contributed by atoms with Gasteiger partial charge in [-0.15, -0.1) is 0 Å². The Labute approximate surface area is 132 Å². The summed E-state index contributed by atoms with van der Waals surface area (Å²) < 4.78 is 10.9. The lowest BCUT2D eigenvalue weighted by molar-refractivity contribution is 0.242. The summed E-state index contributed by atoms with van der Waals surface area (Å²) in [5.41, 5.74) is 1.59. The van der Waals surface area contributed by atoms with E-state index in [0.717, 1.165) is 11.1 Å². The van der Waals surface area contributed by atoms with Gasteiger partial charge in [0, 0.05) is 23.5 Å².